The van der Waals surface area contributed by atoms with Gasteiger partial charge >= 0.3 is 0 Å². The summed E-state index contributed by atoms with van der Waals surface area (Å²) in [6, 6.07) is 5.45. The number of nitrogens with two attached hydrogens (primary N) is 1. The zero-order chi connectivity index (χ0) is 24.2. The molecule has 2 aromatic rings. The Morgan fingerprint density at radius 2 is 1.91 bits per heavy atom. The summed E-state index contributed by atoms with van der Waals surface area (Å²) in [7, 11) is 0. The second kappa shape index (κ2) is 10.3. The molecule has 1 aliphatic carbocycles. The molecule has 1 aliphatic rings. The van der Waals surface area contributed by atoms with Crippen LogP contribution in [0.2, 0.25) is 0 Å². The van der Waals surface area contributed by atoms with E-state index in [1.54, 1.807) is 0 Å². The number of nitrogen functional groups attached to an aromatic ring is 1. The molecular formula is C23H30FN5O3S. The smallest absolute Gasteiger partial charge is 0.273 e. The molecule has 3 rings (SSSR count). The number of carbonyl (C=O) groups excluding carboxylic acids is 3. The van der Waals surface area contributed by atoms with Gasteiger partial charge in [-0.15, -0.1) is 0 Å². The maximum absolute atomic E-state index is 13.9. The van der Waals surface area contributed by atoms with Crippen molar-refractivity contribution in [3.05, 3.63) is 40.7 Å². The highest BCUT2D eigenvalue weighted by Crippen LogP contribution is 2.27. The van der Waals surface area contributed by atoms with E-state index < -0.39 is 29.1 Å². The van der Waals surface area contributed by atoms with Crippen molar-refractivity contribution in [1.82, 2.24) is 15.0 Å². The molecule has 0 atom stereocenters. The van der Waals surface area contributed by atoms with Gasteiger partial charge in [-0.05, 0) is 63.3 Å². The number of nitrogens with zero attached hydrogens (tertiary/aromatic N) is 2. The normalized spacial score (nSPS) is 14.5. The van der Waals surface area contributed by atoms with E-state index >= 15 is 0 Å². The average molecular weight is 476 g/mol. The van der Waals surface area contributed by atoms with Crippen molar-refractivity contribution in [2.45, 2.75) is 64.5 Å². The highest BCUT2D eigenvalue weighted by molar-refractivity contribution is 7.09. The molecule has 8 nitrogen and oxygen atoms in total. The summed E-state index contributed by atoms with van der Waals surface area (Å²) in [5.74, 6) is -2.02. The molecule has 0 spiro atoms. The number of nitrogens with one attached hydrogen (secondary N) is 2. The van der Waals surface area contributed by atoms with Gasteiger partial charge in [0.15, 0.2) is 5.69 Å². The third-order valence-corrected chi connectivity index (χ3v) is 6.11. The van der Waals surface area contributed by atoms with Crippen LogP contribution in [0.3, 0.4) is 0 Å². The fourth-order valence-electron chi connectivity index (χ4n) is 3.76. The lowest BCUT2D eigenvalue weighted by molar-refractivity contribution is -0.121. The number of amides is 3. The summed E-state index contributed by atoms with van der Waals surface area (Å²) >= 11 is 0.790. The van der Waals surface area contributed by atoms with E-state index in [1.165, 1.54) is 18.2 Å². The minimum Gasteiger partial charge on any atom is -0.395 e. The SMILES string of the molecule is CC(C)(C)NC(=O)CN(C(=O)c1snc(C(=O)NC2CCCCC2)c1N)c1cccc(F)c1. The Kier molecular flexibility index (Phi) is 7.68. The highest BCUT2D eigenvalue weighted by Gasteiger charge is 2.29. The van der Waals surface area contributed by atoms with E-state index in [0.717, 1.165) is 54.6 Å². The Morgan fingerprint density at radius 3 is 2.55 bits per heavy atom. The lowest BCUT2D eigenvalue weighted by Gasteiger charge is -2.26. The Hall–Kier alpha value is -3.01. The Labute approximate surface area is 196 Å². The molecule has 10 heteroatoms. The van der Waals surface area contributed by atoms with Gasteiger partial charge in [-0.3, -0.25) is 19.3 Å². The highest BCUT2D eigenvalue weighted by atomic mass is 32.1. The summed E-state index contributed by atoms with van der Waals surface area (Å²) in [6.07, 6.45) is 5.07. The molecule has 0 unspecified atom stereocenters. The molecule has 1 aromatic carbocycles. The molecule has 1 fully saturated rings. The second-order valence-electron chi connectivity index (χ2n) is 9.25. The number of hydrogen-bond acceptors (Lipinski definition) is 6. The van der Waals surface area contributed by atoms with Crippen LogP contribution in [0, 0.1) is 5.82 Å². The molecule has 0 radical (unpaired) electrons. The third-order valence-electron chi connectivity index (χ3n) is 5.26. The van der Waals surface area contributed by atoms with Gasteiger partial charge in [0.1, 0.15) is 17.2 Å². The lowest BCUT2D eigenvalue weighted by atomic mass is 9.95. The van der Waals surface area contributed by atoms with Crippen molar-refractivity contribution in [3.63, 3.8) is 0 Å². The number of anilines is 2. The maximum Gasteiger partial charge on any atom is 0.273 e. The van der Waals surface area contributed by atoms with Gasteiger partial charge in [0.05, 0.1) is 5.69 Å². The standard InChI is InChI=1S/C23H30FN5O3S/c1-23(2,3)27-17(30)13-29(16-11-7-8-14(24)12-16)22(32)20-18(25)19(28-33-20)21(31)26-15-9-5-4-6-10-15/h7-8,11-12,15H,4-6,9-10,13,25H2,1-3H3,(H,26,31)(H,27,30). The minimum atomic E-state index is -0.628. The molecule has 0 bridgehead atoms. The fraction of sp³-hybridized carbons (Fsp3) is 0.478. The van der Waals surface area contributed by atoms with Crippen molar-refractivity contribution in [1.29, 1.82) is 0 Å². The molecule has 4 N–H and O–H groups in total. The van der Waals surface area contributed by atoms with Gasteiger partial charge in [0.25, 0.3) is 11.8 Å². The van der Waals surface area contributed by atoms with Crippen LogP contribution in [0.25, 0.3) is 0 Å². The molecule has 0 saturated heterocycles. The number of rotatable bonds is 6. The fourth-order valence-corrected chi connectivity index (χ4v) is 4.51. The summed E-state index contributed by atoms with van der Waals surface area (Å²) in [4.78, 5) is 39.8. The first-order valence-corrected chi connectivity index (χ1v) is 11.8. The third kappa shape index (κ3) is 6.50. The Balaban J connectivity index is 1.84. The Bertz CT molecular complexity index is 1030. The van der Waals surface area contributed by atoms with Crippen LogP contribution in [0.4, 0.5) is 15.8 Å². The number of benzene rings is 1. The molecule has 1 saturated carbocycles. The van der Waals surface area contributed by atoms with Gasteiger partial charge in [-0.25, -0.2) is 4.39 Å². The first-order valence-electron chi connectivity index (χ1n) is 11.0. The summed E-state index contributed by atoms with van der Waals surface area (Å²) in [5.41, 5.74) is 5.79. The molecule has 3 amide bonds. The van der Waals surface area contributed by atoms with Crippen molar-refractivity contribution in [3.8, 4) is 0 Å². The largest absolute Gasteiger partial charge is 0.395 e. The van der Waals surface area contributed by atoms with Crippen LogP contribution in [-0.2, 0) is 4.79 Å². The predicted molar refractivity (Wildman–Crippen MR) is 127 cm³/mol. The van der Waals surface area contributed by atoms with Gasteiger partial charge in [-0.1, -0.05) is 25.3 Å². The van der Waals surface area contributed by atoms with E-state index in [2.05, 4.69) is 15.0 Å². The minimum absolute atomic E-state index is 0.00717. The molecule has 33 heavy (non-hydrogen) atoms. The summed E-state index contributed by atoms with van der Waals surface area (Å²) in [6.45, 7) is 5.10. The average Bonchev–Trinajstić information content (AvgIpc) is 3.12. The van der Waals surface area contributed by atoms with Crippen molar-refractivity contribution < 1.29 is 18.8 Å². The van der Waals surface area contributed by atoms with E-state index in [4.69, 9.17) is 5.73 Å². The molecule has 1 heterocycles. The molecule has 178 valence electrons. The lowest BCUT2D eigenvalue weighted by Crippen LogP contribution is -2.47. The van der Waals surface area contributed by atoms with Gasteiger partial charge in [-0.2, -0.15) is 4.37 Å². The predicted octanol–water partition coefficient (Wildman–Crippen LogP) is 3.49. The van der Waals surface area contributed by atoms with Crippen LogP contribution in [0.5, 0.6) is 0 Å². The number of hydrogen-bond donors (Lipinski definition) is 3. The van der Waals surface area contributed by atoms with E-state index in [-0.39, 0.29) is 34.5 Å². The maximum atomic E-state index is 13.9. The van der Waals surface area contributed by atoms with Crippen LogP contribution in [0.1, 0.15) is 73.0 Å². The zero-order valence-corrected chi connectivity index (χ0v) is 19.9. The quantitative estimate of drug-likeness (QED) is 0.591. The van der Waals surface area contributed by atoms with Crippen LogP contribution in [-0.4, -0.2) is 40.2 Å². The van der Waals surface area contributed by atoms with E-state index in [0.29, 0.717) is 0 Å². The van der Waals surface area contributed by atoms with Crippen LogP contribution in [0.15, 0.2) is 24.3 Å². The first-order chi connectivity index (χ1) is 15.5. The topological polar surface area (TPSA) is 117 Å². The monoisotopic (exact) mass is 475 g/mol. The van der Waals surface area contributed by atoms with Crippen molar-refractivity contribution in [2.75, 3.05) is 17.2 Å². The summed E-state index contributed by atoms with van der Waals surface area (Å²) in [5, 5.41) is 5.73. The van der Waals surface area contributed by atoms with Gasteiger partial charge in [0.2, 0.25) is 5.91 Å². The number of aromatic nitrogens is 1. The van der Waals surface area contributed by atoms with E-state index in [9.17, 15) is 18.8 Å². The number of halogens is 1. The molecule has 0 aliphatic heterocycles. The zero-order valence-electron chi connectivity index (χ0n) is 19.1. The van der Waals surface area contributed by atoms with Crippen LogP contribution >= 0.6 is 11.5 Å². The molecular weight excluding hydrogens is 445 g/mol. The van der Waals surface area contributed by atoms with Crippen LogP contribution < -0.4 is 21.3 Å². The number of carbonyl (C=O) groups is 3. The first kappa shape index (κ1) is 24.6. The molecule has 1 aromatic heterocycles. The van der Waals surface area contributed by atoms with Gasteiger partial charge in [0, 0.05) is 17.3 Å². The van der Waals surface area contributed by atoms with E-state index in [1.807, 2.05) is 20.8 Å². The van der Waals surface area contributed by atoms with Crippen molar-refractivity contribution in [2.24, 2.45) is 0 Å². The second-order valence-corrected chi connectivity index (χ2v) is 10.0. The Morgan fingerprint density at radius 1 is 1.21 bits per heavy atom. The van der Waals surface area contributed by atoms with Gasteiger partial charge < -0.3 is 16.4 Å². The summed E-state index contributed by atoms with van der Waals surface area (Å²) < 4.78 is 18.0. The van der Waals surface area contributed by atoms with Crippen molar-refractivity contribution >= 4 is 40.6 Å².